The molecule has 25 heavy (non-hydrogen) atoms. The molecule has 0 aromatic heterocycles. The van der Waals surface area contributed by atoms with Gasteiger partial charge in [0, 0.05) is 12.1 Å². The predicted octanol–water partition coefficient (Wildman–Crippen LogP) is 3.60. The Bertz CT molecular complexity index is 716. The summed E-state index contributed by atoms with van der Waals surface area (Å²) in [6.45, 7) is 1.35. The van der Waals surface area contributed by atoms with Crippen LogP contribution in [0.3, 0.4) is 0 Å². The van der Waals surface area contributed by atoms with Gasteiger partial charge < -0.3 is 4.74 Å². The highest BCUT2D eigenvalue weighted by atomic mass is 19.1. The van der Waals surface area contributed by atoms with Crippen LogP contribution in [0.2, 0.25) is 0 Å². The summed E-state index contributed by atoms with van der Waals surface area (Å²) in [4.78, 5) is 34.1. The van der Waals surface area contributed by atoms with Crippen LogP contribution in [-0.2, 0) is 20.9 Å². The lowest BCUT2D eigenvalue weighted by Gasteiger charge is -2.13. The smallest absolute Gasteiger partial charge is 0.321 e. The molecule has 0 spiro atoms. The molecule has 1 unspecified atom stereocenters. The number of carbonyl (C=O) groups excluding carboxylic acids is 2. The molecule has 0 bridgehead atoms. The second kappa shape index (κ2) is 9.92. The van der Waals surface area contributed by atoms with Crippen LogP contribution in [0.4, 0.5) is 10.1 Å². The van der Waals surface area contributed by atoms with Gasteiger partial charge in [0.25, 0.3) is 5.69 Å². The fourth-order valence-corrected chi connectivity index (χ4v) is 2.14. The molecule has 2 aromatic carbocycles. The summed E-state index contributed by atoms with van der Waals surface area (Å²) in [7, 11) is 0.500. The topological polar surface area (TPSA) is 86.5 Å². The van der Waals surface area contributed by atoms with Crippen LogP contribution in [0.25, 0.3) is 0 Å². The lowest BCUT2D eigenvalue weighted by atomic mass is 9.95. The maximum atomic E-state index is 12.2. The zero-order valence-corrected chi connectivity index (χ0v) is 13.8. The van der Waals surface area contributed by atoms with Crippen molar-refractivity contribution < 1.29 is 23.6 Å². The second-order valence-corrected chi connectivity index (χ2v) is 4.99. The Hall–Kier alpha value is -3.09. The van der Waals surface area contributed by atoms with Crippen molar-refractivity contribution in [1.82, 2.24) is 0 Å². The molecular formula is C18H18FNO5. The highest BCUT2D eigenvalue weighted by Gasteiger charge is 2.27. The lowest BCUT2D eigenvalue weighted by Crippen LogP contribution is -2.22. The van der Waals surface area contributed by atoms with Gasteiger partial charge in [-0.2, -0.15) is 0 Å². The molecule has 0 heterocycles. The maximum Gasteiger partial charge on any atom is 0.321 e. The number of benzene rings is 2. The largest absolute Gasteiger partial charge is 0.460 e. The number of alkyl halides is 1. The monoisotopic (exact) mass is 347 g/mol. The van der Waals surface area contributed by atoms with E-state index in [0.29, 0.717) is 12.7 Å². The van der Waals surface area contributed by atoms with Crippen molar-refractivity contribution in [2.45, 2.75) is 19.4 Å². The van der Waals surface area contributed by atoms with Crippen molar-refractivity contribution in [3.63, 3.8) is 0 Å². The van der Waals surface area contributed by atoms with E-state index in [1.807, 2.05) is 30.3 Å². The Balaban J connectivity index is 0.00000151. The standard InChI is InChI=1S/C17H15NO5.CH3F/c1-12(19)16(14-7-9-15(10-8-14)18(21)22)17(20)23-11-13-5-3-2-4-6-13;1-2/h2-10,16H,11H2,1H3;1H3. The van der Waals surface area contributed by atoms with Gasteiger partial charge in [0.05, 0.1) is 12.1 Å². The zero-order valence-electron chi connectivity index (χ0n) is 13.8. The number of nitro benzene ring substituents is 1. The third-order valence-electron chi connectivity index (χ3n) is 3.30. The summed E-state index contributed by atoms with van der Waals surface area (Å²) in [6.07, 6.45) is 0. The minimum absolute atomic E-state index is 0.0659. The van der Waals surface area contributed by atoms with E-state index < -0.39 is 16.8 Å². The molecule has 0 fully saturated rings. The first-order chi connectivity index (χ1) is 12.0. The van der Waals surface area contributed by atoms with E-state index in [-0.39, 0.29) is 18.1 Å². The summed E-state index contributed by atoms with van der Waals surface area (Å²) >= 11 is 0. The molecule has 6 nitrogen and oxygen atoms in total. The van der Waals surface area contributed by atoms with Crippen molar-refractivity contribution in [3.8, 4) is 0 Å². The van der Waals surface area contributed by atoms with E-state index in [2.05, 4.69) is 0 Å². The van der Waals surface area contributed by atoms with Crippen molar-refractivity contribution in [2.75, 3.05) is 7.18 Å². The Morgan fingerprint density at radius 3 is 2.12 bits per heavy atom. The number of carbonyl (C=O) groups is 2. The fourth-order valence-electron chi connectivity index (χ4n) is 2.14. The second-order valence-electron chi connectivity index (χ2n) is 4.99. The van der Waals surface area contributed by atoms with E-state index in [0.717, 1.165) is 5.56 Å². The van der Waals surface area contributed by atoms with E-state index in [1.54, 1.807) is 0 Å². The maximum absolute atomic E-state index is 12.2. The average molecular weight is 347 g/mol. The van der Waals surface area contributed by atoms with E-state index in [1.165, 1.54) is 31.2 Å². The quantitative estimate of drug-likeness (QED) is 0.345. The van der Waals surface area contributed by atoms with Gasteiger partial charge in [0.2, 0.25) is 0 Å². The Morgan fingerprint density at radius 1 is 1.08 bits per heavy atom. The van der Waals surface area contributed by atoms with Crippen molar-refractivity contribution in [1.29, 1.82) is 0 Å². The van der Waals surface area contributed by atoms with Crippen LogP contribution < -0.4 is 0 Å². The van der Waals surface area contributed by atoms with Crippen LogP contribution in [0.5, 0.6) is 0 Å². The highest BCUT2D eigenvalue weighted by molar-refractivity contribution is 6.03. The molecule has 0 saturated heterocycles. The van der Waals surface area contributed by atoms with E-state index in [4.69, 9.17) is 4.74 Å². The van der Waals surface area contributed by atoms with Crippen molar-refractivity contribution >= 4 is 17.4 Å². The van der Waals surface area contributed by atoms with Crippen LogP contribution in [0, 0.1) is 10.1 Å². The van der Waals surface area contributed by atoms with Gasteiger partial charge in [-0.3, -0.25) is 24.1 Å². The van der Waals surface area contributed by atoms with Gasteiger partial charge in [-0.05, 0) is 18.1 Å². The number of nitrogens with zero attached hydrogens (tertiary/aromatic N) is 1. The molecule has 2 rings (SSSR count). The minimum atomic E-state index is -1.08. The van der Waals surface area contributed by atoms with Gasteiger partial charge in [-0.25, -0.2) is 0 Å². The molecule has 7 heteroatoms. The molecule has 0 radical (unpaired) electrons. The van der Waals surface area contributed by atoms with Crippen LogP contribution in [0.15, 0.2) is 54.6 Å². The third kappa shape index (κ3) is 5.80. The number of hydrogen-bond donors (Lipinski definition) is 0. The number of esters is 1. The lowest BCUT2D eigenvalue weighted by molar-refractivity contribution is -0.384. The number of halogens is 1. The SMILES string of the molecule is CC(=O)C(C(=O)OCc1ccccc1)c1ccc([N+](=O)[O-])cc1.CF. The molecule has 0 saturated carbocycles. The van der Waals surface area contributed by atoms with E-state index in [9.17, 15) is 24.1 Å². The number of non-ortho nitro benzene ring substituents is 1. The highest BCUT2D eigenvalue weighted by Crippen LogP contribution is 2.22. The molecule has 0 aliphatic carbocycles. The number of rotatable bonds is 6. The average Bonchev–Trinajstić information content (AvgIpc) is 2.63. The third-order valence-corrected chi connectivity index (χ3v) is 3.30. The summed E-state index contributed by atoms with van der Waals surface area (Å²) in [5, 5.41) is 10.7. The molecular weight excluding hydrogens is 329 g/mol. The molecule has 2 aromatic rings. The Morgan fingerprint density at radius 2 is 1.64 bits per heavy atom. The summed E-state index contributed by atoms with van der Waals surface area (Å²) in [5.41, 5.74) is 1.08. The van der Waals surface area contributed by atoms with Crippen LogP contribution in [-0.4, -0.2) is 23.9 Å². The van der Waals surface area contributed by atoms with Crippen molar-refractivity contribution in [2.24, 2.45) is 0 Å². The van der Waals surface area contributed by atoms with Gasteiger partial charge in [0.1, 0.15) is 18.3 Å². The van der Waals surface area contributed by atoms with E-state index >= 15 is 0 Å². The first-order valence-corrected chi connectivity index (χ1v) is 7.32. The summed E-state index contributed by atoms with van der Waals surface area (Å²) < 4.78 is 14.7. The zero-order chi connectivity index (χ0) is 18.8. The predicted molar refractivity (Wildman–Crippen MR) is 89.8 cm³/mol. The van der Waals surface area contributed by atoms with Crippen LogP contribution >= 0.6 is 0 Å². The molecule has 132 valence electrons. The molecule has 0 N–H and O–H groups in total. The first-order valence-electron chi connectivity index (χ1n) is 7.32. The normalized spacial score (nSPS) is 10.8. The number of ketones is 1. The number of hydrogen-bond acceptors (Lipinski definition) is 5. The van der Waals surface area contributed by atoms with Gasteiger partial charge >= 0.3 is 5.97 Å². The number of ether oxygens (including phenoxy) is 1. The fraction of sp³-hybridized carbons (Fsp3) is 0.222. The molecule has 0 aliphatic heterocycles. The minimum Gasteiger partial charge on any atom is -0.460 e. The van der Waals surface area contributed by atoms with Gasteiger partial charge in [0.15, 0.2) is 0 Å². The molecule has 0 aliphatic rings. The van der Waals surface area contributed by atoms with Crippen LogP contribution in [0.1, 0.15) is 24.0 Å². The molecule has 0 amide bonds. The number of nitro groups is 1. The van der Waals surface area contributed by atoms with Gasteiger partial charge in [-0.15, -0.1) is 0 Å². The first kappa shape index (κ1) is 20.0. The number of Topliss-reactive ketones (excluding diaryl/α,β-unsaturated/α-hetero) is 1. The summed E-state index contributed by atoms with van der Waals surface area (Å²) in [5.74, 6) is -2.13. The Labute approximate surface area is 144 Å². The summed E-state index contributed by atoms with van der Waals surface area (Å²) in [6, 6.07) is 14.4. The van der Waals surface area contributed by atoms with Crippen molar-refractivity contribution in [3.05, 3.63) is 75.8 Å². The molecule has 1 atom stereocenters. The Kier molecular flexibility index (Phi) is 7.92. The van der Waals surface area contributed by atoms with Gasteiger partial charge in [-0.1, -0.05) is 42.5 Å².